The fraction of sp³-hybridized carbons (Fsp3) is 0.400. The van der Waals surface area contributed by atoms with Crippen LogP contribution in [0.1, 0.15) is 0 Å². The van der Waals surface area contributed by atoms with Crippen molar-refractivity contribution >= 4 is 37.1 Å². The summed E-state index contributed by atoms with van der Waals surface area (Å²) in [5.41, 5.74) is 0. The van der Waals surface area contributed by atoms with Gasteiger partial charge in [0.05, 0.1) is 0 Å². The van der Waals surface area contributed by atoms with E-state index in [4.69, 9.17) is 50.8 Å². The van der Waals surface area contributed by atoms with Gasteiger partial charge in [-0.1, -0.05) is 6.07 Å². The van der Waals surface area contributed by atoms with E-state index in [1.807, 2.05) is 0 Å². The summed E-state index contributed by atoms with van der Waals surface area (Å²) in [6, 6.07) is 6.74. The van der Waals surface area contributed by atoms with Crippen molar-refractivity contribution < 1.29 is 27.1 Å². The first-order valence-electron chi connectivity index (χ1n) is 5.32. The fourth-order valence-electron chi connectivity index (χ4n) is 1.14. The lowest BCUT2D eigenvalue weighted by Gasteiger charge is -2.20. The van der Waals surface area contributed by atoms with E-state index in [2.05, 4.69) is 0 Å². The van der Waals surface area contributed by atoms with E-state index in [1.165, 1.54) is 28.4 Å². The van der Waals surface area contributed by atoms with Crippen molar-refractivity contribution in [1.82, 2.24) is 0 Å². The molecule has 0 atom stereocenters. The van der Waals surface area contributed by atoms with E-state index in [0.29, 0.717) is 11.5 Å². The Labute approximate surface area is 128 Å². The van der Waals surface area contributed by atoms with Crippen LogP contribution in [0.5, 0.6) is 11.5 Å². The summed E-state index contributed by atoms with van der Waals surface area (Å²) in [7, 11) is 5.72. The zero-order valence-corrected chi connectivity index (χ0v) is 14.9. The zero-order chi connectivity index (χ0) is 15.2. The standard InChI is InChI=1S/C10H16O6P2S2/c1-11-17(19,12-2)15-9-6-5-7-10(8-9)16-18(20,13-3)14-4/h5-8H,1-4H3. The highest BCUT2D eigenvalue weighted by molar-refractivity contribution is 8.08. The summed E-state index contributed by atoms with van der Waals surface area (Å²) in [5.74, 6) is 0.895. The first kappa shape index (κ1) is 18.0. The summed E-state index contributed by atoms with van der Waals surface area (Å²) < 4.78 is 31.2. The second-order valence-electron chi connectivity index (χ2n) is 3.28. The smallest absolute Gasteiger partial charge is 0.380 e. The van der Waals surface area contributed by atoms with Crippen molar-refractivity contribution in [3.8, 4) is 11.5 Å². The van der Waals surface area contributed by atoms with Crippen LogP contribution in [0, 0.1) is 0 Å². The van der Waals surface area contributed by atoms with Crippen LogP contribution >= 0.6 is 13.4 Å². The molecule has 0 unspecified atom stereocenters. The highest BCUT2D eigenvalue weighted by atomic mass is 32.5. The average Bonchev–Trinajstić information content (AvgIpc) is 2.47. The lowest BCUT2D eigenvalue weighted by molar-refractivity contribution is 0.270. The maximum atomic E-state index is 5.52. The molecule has 0 aliphatic heterocycles. The van der Waals surface area contributed by atoms with Crippen molar-refractivity contribution in [2.45, 2.75) is 0 Å². The predicted octanol–water partition coefficient (Wildman–Crippen LogP) is 3.48. The molecule has 20 heavy (non-hydrogen) atoms. The highest BCUT2D eigenvalue weighted by Crippen LogP contribution is 2.51. The van der Waals surface area contributed by atoms with Crippen LogP contribution in [0.15, 0.2) is 24.3 Å². The summed E-state index contributed by atoms with van der Waals surface area (Å²) in [6.45, 7) is -5.58. The van der Waals surface area contributed by atoms with Gasteiger partial charge in [-0.25, -0.2) is 0 Å². The van der Waals surface area contributed by atoms with E-state index >= 15 is 0 Å². The van der Waals surface area contributed by atoms with Crippen molar-refractivity contribution in [1.29, 1.82) is 0 Å². The van der Waals surface area contributed by atoms with Crippen LogP contribution in [0.3, 0.4) is 0 Å². The molecule has 0 spiro atoms. The molecule has 0 saturated carbocycles. The van der Waals surface area contributed by atoms with Gasteiger partial charge in [-0.05, 0) is 12.1 Å². The number of hydrogen-bond donors (Lipinski definition) is 0. The van der Waals surface area contributed by atoms with Crippen LogP contribution < -0.4 is 9.05 Å². The summed E-state index contributed by atoms with van der Waals surface area (Å²) >= 11 is 10.3. The molecule has 0 aromatic heterocycles. The Hall–Kier alpha value is -0.0400. The van der Waals surface area contributed by atoms with Crippen molar-refractivity contribution in [3.63, 3.8) is 0 Å². The molecule has 0 radical (unpaired) electrons. The van der Waals surface area contributed by atoms with Gasteiger partial charge in [-0.3, -0.25) is 0 Å². The first-order chi connectivity index (χ1) is 9.40. The largest absolute Gasteiger partial charge is 0.424 e. The Bertz CT molecular complexity index is 479. The molecular weight excluding hydrogens is 342 g/mol. The number of benzene rings is 1. The number of rotatable bonds is 8. The van der Waals surface area contributed by atoms with Crippen molar-refractivity contribution in [3.05, 3.63) is 24.3 Å². The SMILES string of the molecule is COP(=S)(OC)Oc1cccc(OP(=S)(OC)OC)c1. The molecule has 0 saturated heterocycles. The molecule has 0 bridgehead atoms. The maximum Gasteiger partial charge on any atom is 0.380 e. The minimum atomic E-state index is -2.79. The van der Waals surface area contributed by atoms with Crippen LogP contribution in [0.2, 0.25) is 0 Å². The highest BCUT2D eigenvalue weighted by Gasteiger charge is 2.21. The van der Waals surface area contributed by atoms with Gasteiger partial charge in [0, 0.05) is 58.1 Å². The van der Waals surface area contributed by atoms with Crippen molar-refractivity contribution in [2.75, 3.05) is 28.4 Å². The number of hydrogen-bond acceptors (Lipinski definition) is 8. The third kappa shape index (κ3) is 5.06. The molecule has 1 aromatic carbocycles. The molecule has 1 rings (SSSR count). The van der Waals surface area contributed by atoms with Crippen LogP contribution in [-0.2, 0) is 41.7 Å². The molecule has 10 heteroatoms. The van der Waals surface area contributed by atoms with Crippen LogP contribution in [-0.4, -0.2) is 28.4 Å². The van der Waals surface area contributed by atoms with E-state index in [-0.39, 0.29) is 0 Å². The third-order valence-electron chi connectivity index (χ3n) is 2.13. The topological polar surface area (TPSA) is 55.4 Å². The molecule has 0 fully saturated rings. The minimum Gasteiger partial charge on any atom is -0.424 e. The van der Waals surface area contributed by atoms with Gasteiger partial charge in [-0.2, -0.15) is 0 Å². The van der Waals surface area contributed by atoms with Gasteiger partial charge in [0.25, 0.3) is 0 Å². The molecule has 0 amide bonds. The minimum absolute atomic E-state index is 0.447. The van der Waals surface area contributed by atoms with Crippen molar-refractivity contribution in [2.24, 2.45) is 0 Å². The van der Waals surface area contributed by atoms with Gasteiger partial charge in [0.1, 0.15) is 11.5 Å². The molecule has 114 valence electrons. The Balaban J connectivity index is 2.92. The third-order valence-corrected chi connectivity index (χ3v) is 7.03. The van der Waals surface area contributed by atoms with Crippen LogP contribution in [0.4, 0.5) is 0 Å². The fourth-order valence-corrected chi connectivity index (χ4v) is 3.00. The van der Waals surface area contributed by atoms with E-state index in [0.717, 1.165) is 0 Å². The summed E-state index contributed by atoms with van der Waals surface area (Å²) in [5, 5.41) is 0. The average molecular weight is 358 g/mol. The lowest BCUT2D eigenvalue weighted by atomic mass is 10.3. The second-order valence-corrected chi connectivity index (χ2v) is 9.58. The van der Waals surface area contributed by atoms with Gasteiger partial charge >= 0.3 is 13.4 Å². The molecule has 6 nitrogen and oxygen atoms in total. The predicted molar refractivity (Wildman–Crippen MR) is 84.3 cm³/mol. The Morgan fingerprint density at radius 2 is 1.10 bits per heavy atom. The van der Waals surface area contributed by atoms with E-state index < -0.39 is 13.4 Å². The zero-order valence-electron chi connectivity index (χ0n) is 11.5. The van der Waals surface area contributed by atoms with Gasteiger partial charge in [-0.15, -0.1) is 0 Å². The molecule has 0 aliphatic rings. The molecular formula is C10H16O6P2S2. The first-order valence-corrected chi connectivity index (χ1v) is 10.4. The summed E-state index contributed by atoms with van der Waals surface area (Å²) in [4.78, 5) is 0. The van der Waals surface area contributed by atoms with E-state index in [9.17, 15) is 0 Å². The van der Waals surface area contributed by atoms with E-state index in [1.54, 1.807) is 24.3 Å². The molecule has 0 heterocycles. The molecule has 0 aliphatic carbocycles. The van der Waals surface area contributed by atoms with Gasteiger partial charge in [0.2, 0.25) is 0 Å². The second kappa shape index (κ2) is 7.82. The lowest BCUT2D eigenvalue weighted by Crippen LogP contribution is -1.99. The Kier molecular flexibility index (Phi) is 7.04. The Morgan fingerprint density at radius 1 is 0.750 bits per heavy atom. The van der Waals surface area contributed by atoms with Gasteiger partial charge in [0.15, 0.2) is 0 Å². The Morgan fingerprint density at radius 3 is 1.40 bits per heavy atom. The van der Waals surface area contributed by atoms with Gasteiger partial charge < -0.3 is 27.1 Å². The molecule has 1 aromatic rings. The molecule has 0 N–H and O–H groups in total. The summed E-state index contributed by atoms with van der Waals surface area (Å²) in [6.07, 6.45) is 0. The maximum absolute atomic E-state index is 5.52. The monoisotopic (exact) mass is 358 g/mol. The normalized spacial score (nSPS) is 12.2. The van der Waals surface area contributed by atoms with Crippen LogP contribution in [0.25, 0.3) is 0 Å². The quantitative estimate of drug-likeness (QED) is 0.655.